The van der Waals surface area contributed by atoms with Crippen LogP contribution in [0.3, 0.4) is 0 Å². The summed E-state index contributed by atoms with van der Waals surface area (Å²) in [6.45, 7) is 6.48. The summed E-state index contributed by atoms with van der Waals surface area (Å²) in [6.07, 6.45) is 86.7. The molecule has 0 heterocycles. The van der Waals surface area contributed by atoms with Crippen molar-refractivity contribution < 1.29 is 28.6 Å². The number of esters is 3. The Labute approximate surface area is 470 Å². The van der Waals surface area contributed by atoms with Crippen molar-refractivity contribution in [2.24, 2.45) is 0 Å². The van der Waals surface area contributed by atoms with Gasteiger partial charge in [-0.25, -0.2) is 0 Å². The molecule has 0 radical (unpaired) electrons. The third-order valence-corrected chi connectivity index (χ3v) is 13.5. The van der Waals surface area contributed by atoms with Gasteiger partial charge < -0.3 is 14.2 Å². The van der Waals surface area contributed by atoms with Crippen LogP contribution >= 0.6 is 0 Å². The first-order chi connectivity index (χ1) is 37.5. The molecule has 6 heteroatoms. The van der Waals surface area contributed by atoms with Gasteiger partial charge in [-0.1, -0.05) is 284 Å². The number of ether oxygens (including phenoxy) is 3. The molecular weight excluding hydrogens is 937 g/mol. The summed E-state index contributed by atoms with van der Waals surface area (Å²) in [5.41, 5.74) is 0. The predicted octanol–water partition coefficient (Wildman–Crippen LogP) is 21.8. The second-order valence-electron chi connectivity index (χ2n) is 20.9. The van der Waals surface area contributed by atoms with Gasteiger partial charge in [0.05, 0.1) is 0 Å². The third kappa shape index (κ3) is 60.9. The van der Waals surface area contributed by atoms with E-state index in [0.717, 1.165) is 128 Å². The molecule has 0 fully saturated rings. The molecule has 0 saturated carbocycles. The van der Waals surface area contributed by atoms with Crippen LogP contribution in [0.1, 0.15) is 297 Å². The minimum absolute atomic E-state index is 0.0892. The van der Waals surface area contributed by atoms with E-state index in [0.29, 0.717) is 19.3 Å². The molecule has 6 nitrogen and oxygen atoms in total. The second kappa shape index (κ2) is 63.6. The van der Waals surface area contributed by atoms with Crippen molar-refractivity contribution in [3.05, 3.63) is 109 Å². The highest BCUT2D eigenvalue weighted by Gasteiger charge is 2.19. The van der Waals surface area contributed by atoms with Crippen LogP contribution < -0.4 is 0 Å². The summed E-state index contributed by atoms with van der Waals surface area (Å²) in [4.78, 5) is 38.2. The van der Waals surface area contributed by atoms with Gasteiger partial charge in [0.2, 0.25) is 0 Å². The van der Waals surface area contributed by atoms with E-state index in [9.17, 15) is 14.4 Å². The first-order valence-electron chi connectivity index (χ1n) is 31.9. The van der Waals surface area contributed by atoms with E-state index in [1.807, 2.05) is 0 Å². The number of hydrogen-bond donors (Lipinski definition) is 0. The quantitative estimate of drug-likeness (QED) is 0.0261. The fourth-order valence-electron chi connectivity index (χ4n) is 8.73. The predicted molar refractivity (Wildman–Crippen MR) is 330 cm³/mol. The van der Waals surface area contributed by atoms with Crippen LogP contribution in [0.25, 0.3) is 0 Å². The van der Waals surface area contributed by atoms with Gasteiger partial charge in [-0.2, -0.15) is 0 Å². The zero-order valence-electron chi connectivity index (χ0n) is 49.7. The molecule has 0 rings (SSSR count). The second-order valence-corrected chi connectivity index (χ2v) is 20.9. The molecular formula is C70H118O6. The van der Waals surface area contributed by atoms with Crippen molar-refractivity contribution in [1.29, 1.82) is 0 Å². The Morgan fingerprint density at radius 2 is 0.526 bits per heavy atom. The smallest absolute Gasteiger partial charge is 0.306 e. The van der Waals surface area contributed by atoms with Crippen molar-refractivity contribution in [2.75, 3.05) is 13.2 Å². The Morgan fingerprint density at radius 3 is 0.855 bits per heavy atom. The normalized spacial score (nSPS) is 12.8. The van der Waals surface area contributed by atoms with Gasteiger partial charge in [0.1, 0.15) is 13.2 Å². The first kappa shape index (κ1) is 72.1. The van der Waals surface area contributed by atoms with Crippen molar-refractivity contribution in [2.45, 2.75) is 303 Å². The molecule has 0 aromatic carbocycles. The van der Waals surface area contributed by atoms with Gasteiger partial charge >= 0.3 is 17.9 Å². The molecule has 0 aliphatic carbocycles. The van der Waals surface area contributed by atoms with E-state index in [1.54, 1.807) is 0 Å². The van der Waals surface area contributed by atoms with E-state index >= 15 is 0 Å². The Balaban J connectivity index is 4.33. The fourth-order valence-corrected chi connectivity index (χ4v) is 8.73. The molecule has 0 aliphatic heterocycles. The maximum atomic E-state index is 12.9. The first-order valence-corrected chi connectivity index (χ1v) is 31.9. The highest BCUT2D eigenvalue weighted by atomic mass is 16.6. The number of carbonyl (C=O) groups excluding carboxylic acids is 3. The zero-order valence-corrected chi connectivity index (χ0v) is 49.7. The van der Waals surface area contributed by atoms with E-state index in [-0.39, 0.29) is 31.1 Å². The topological polar surface area (TPSA) is 78.9 Å². The molecule has 1 atom stereocenters. The number of carbonyl (C=O) groups is 3. The average molecular weight is 1060 g/mol. The lowest BCUT2D eigenvalue weighted by Gasteiger charge is -2.18. The van der Waals surface area contributed by atoms with E-state index in [4.69, 9.17) is 14.2 Å². The van der Waals surface area contributed by atoms with Crippen molar-refractivity contribution in [1.82, 2.24) is 0 Å². The summed E-state index contributed by atoms with van der Waals surface area (Å²) in [5.74, 6) is -0.916. The molecule has 0 amide bonds. The van der Waals surface area contributed by atoms with Crippen LogP contribution in [0, 0.1) is 0 Å². The summed E-state index contributed by atoms with van der Waals surface area (Å²) < 4.78 is 16.9. The molecule has 0 aromatic rings. The van der Waals surface area contributed by atoms with Crippen LogP contribution in [0.5, 0.6) is 0 Å². The minimum atomic E-state index is -0.792. The van der Waals surface area contributed by atoms with E-state index in [2.05, 4.69) is 130 Å². The van der Waals surface area contributed by atoms with Crippen LogP contribution in [-0.2, 0) is 28.6 Å². The Morgan fingerprint density at radius 1 is 0.276 bits per heavy atom. The summed E-state index contributed by atoms with van der Waals surface area (Å²) in [7, 11) is 0. The lowest BCUT2D eigenvalue weighted by molar-refractivity contribution is -0.167. The summed E-state index contributed by atoms with van der Waals surface area (Å²) >= 11 is 0. The van der Waals surface area contributed by atoms with Crippen molar-refractivity contribution in [3.63, 3.8) is 0 Å². The fraction of sp³-hybridized carbons (Fsp3) is 0.700. The van der Waals surface area contributed by atoms with Gasteiger partial charge in [0.15, 0.2) is 6.10 Å². The number of hydrogen-bond acceptors (Lipinski definition) is 6. The lowest BCUT2D eigenvalue weighted by Crippen LogP contribution is -2.30. The minimum Gasteiger partial charge on any atom is -0.462 e. The molecule has 434 valence electrons. The number of rotatable bonds is 57. The molecule has 0 aliphatic rings. The molecule has 0 N–H and O–H groups in total. The monoisotopic (exact) mass is 1050 g/mol. The summed E-state index contributed by atoms with van der Waals surface area (Å²) in [5, 5.41) is 0. The lowest BCUT2D eigenvalue weighted by atomic mass is 10.0. The molecule has 76 heavy (non-hydrogen) atoms. The Bertz CT molecular complexity index is 1540. The summed E-state index contributed by atoms with van der Waals surface area (Å²) in [6, 6.07) is 0. The largest absolute Gasteiger partial charge is 0.462 e. The van der Waals surface area contributed by atoms with Gasteiger partial charge in [0.25, 0.3) is 0 Å². The Kier molecular flexibility index (Phi) is 60.3. The van der Waals surface area contributed by atoms with Gasteiger partial charge in [0, 0.05) is 19.3 Å². The zero-order chi connectivity index (χ0) is 55.0. The highest BCUT2D eigenvalue weighted by Crippen LogP contribution is 2.16. The SMILES string of the molecule is CC/C=C\C/C=C\C/C=C\C/C=C\C/C=C\C/C=C\C/C=C\C/C=C\CCCCCCC(=O)OCC(COC(=O)CCCCCCC/C=C\CCCC)OC(=O)CCCCCCCCCCCCCCCCCCCC. The van der Waals surface area contributed by atoms with Gasteiger partial charge in [-0.3, -0.25) is 14.4 Å². The molecule has 0 bridgehead atoms. The van der Waals surface area contributed by atoms with E-state index in [1.165, 1.54) is 128 Å². The third-order valence-electron chi connectivity index (χ3n) is 13.5. The van der Waals surface area contributed by atoms with Crippen molar-refractivity contribution >= 4 is 17.9 Å². The molecule has 0 saturated heterocycles. The number of allylic oxidation sites excluding steroid dienone is 18. The van der Waals surface area contributed by atoms with Crippen LogP contribution in [0.2, 0.25) is 0 Å². The van der Waals surface area contributed by atoms with Crippen LogP contribution in [0.4, 0.5) is 0 Å². The average Bonchev–Trinajstić information content (AvgIpc) is 3.42. The van der Waals surface area contributed by atoms with Gasteiger partial charge in [-0.05, 0) is 103 Å². The standard InChI is InChI=1S/C70H118O6/c1-4-7-10-13-16-19-22-24-26-28-30-31-32-33-34-35-36-37-38-39-40-42-43-45-48-51-54-57-60-63-69(72)75-66-67(65-74-68(71)62-59-56-53-50-47-21-18-15-12-9-6-3)76-70(73)64-61-58-55-52-49-46-44-41-29-27-25-23-20-17-14-11-8-5-2/h7,10,15-16,18-19,24,26,30-31,33-34,36-37,39-40,43,45,67H,4-6,8-9,11-14,17,20-23,25,27-29,32,35,38,41-42,44,46-66H2,1-3H3/b10-7-,18-15-,19-16-,26-24-,31-30-,34-33-,37-36-,40-39-,45-43-. The van der Waals surface area contributed by atoms with Crippen LogP contribution in [-0.4, -0.2) is 37.2 Å². The number of unbranched alkanes of at least 4 members (excludes halogenated alkanes) is 28. The Hall–Kier alpha value is -3.93. The maximum Gasteiger partial charge on any atom is 0.306 e. The maximum absolute atomic E-state index is 12.9. The highest BCUT2D eigenvalue weighted by molar-refractivity contribution is 5.71. The van der Waals surface area contributed by atoms with Crippen LogP contribution in [0.15, 0.2) is 109 Å². The molecule has 0 aromatic heterocycles. The molecule has 1 unspecified atom stereocenters. The van der Waals surface area contributed by atoms with E-state index < -0.39 is 6.10 Å². The molecule has 0 spiro atoms. The van der Waals surface area contributed by atoms with Crippen molar-refractivity contribution in [3.8, 4) is 0 Å². The van der Waals surface area contributed by atoms with Gasteiger partial charge in [-0.15, -0.1) is 0 Å².